The molecule has 0 spiro atoms. The van der Waals surface area contributed by atoms with Crippen molar-refractivity contribution in [1.82, 2.24) is 5.32 Å². The molecule has 1 aliphatic carbocycles. The van der Waals surface area contributed by atoms with Crippen LogP contribution >= 0.6 is 15.9 Å². The Labute approximate surface area is 137 Å². The van der Waals surface area contributed by atoms with Gasteiger partial charge in [0.25, 0.3) is 0 Å². The molecule has 0 radical (unpaired) electrons. The zero-order valence-corrected chi connectivity index (χ0v) is 14.8. The molecule has 118 valence electrons. The smallest absolute Gasteiger partial charge is 0.0587 e. The maximum absolute atomic E-state index is 5.09. The van der Waals surface area contributed by atoms with Crippen molar-refractivity contribution in [2.75, 3.05) is 38.8 Å². The Kier molecular flexibility index (Phi) is 7.00. The number of benzene rings is 1. The second-order valence-corrected chi connectivity index (χ2v) is 6.89. The average molecular weight is 355 g/mol. The van der Waals surface area contributed by atoms with Crippen LogP contribution in [0, 0.1) is 5.92 Å². The minimum atomic E-state index is 0.751. The lowest BCUT2D eigenvalue weighted by molar-refractivity contribution is 0.199. The summed E-state index contributed by atoms with van der Waals surface area (Å²) in [6, 6.07) is 6.59. The molecule has 0 amide bonds. The molecule has 0 unspecified atom stereocenters. The second-order valence-electron chi connectivity index (χ2n) is 5.97. The third kappa shape index (κ3) is 5.28. The van der Waals surface area contributed by atoms with Crippen molar-refractivity contribution in [1.29, 1.82) is 0 Å². The van der Waals surface area contributed by atoms with E-state index in [4.69, 9.17) is 4.74 Å². The highest BCUT2D eigenvalue weighted by Gasteiger charge is 2.18. The van der Waals surface area contributed by atoms with Crippen molar-refractivity contribution in [2.24, 2.45) is 5.92 Å². The zero-order chi connectivity index (χ0) is 15.1. The Bertz CT molecular complexity index is 433. The van der Waals surface area contributed by atoms with Crippen LogP contribution in [0.5, 0.6) is 0 Å². The third-order valence-corrected chi connectivity index (χ3v) is 4.75. The number of nitrogens with zero attached hydrogens (tertiary/aromatic N) is 1. The van der Waals surface area contributed by atoms with E-state index in [-0.39, 0.29) is 0 Å². The van der Waals surface area contributed by atoms with E-state index >= 15 is 0 Å². The van der Waals surface area contributed by atoms with Crippen molar-refractivity contribution in [3.05, 3.63) is 28.2 Å². The van der Waals surface area contributed by atoms with Gasteiger partial charge in [0.15, 0.2) is 0 Å². The molecule has 1 saturated carbocycles. The van der Waals surface area contributed by atoms with Gasteiger partial charge in [-0.3, -0.25) is 0 Å². The molecule has 1 aromatic carbocycles. The minimum Gasteiger partial charge on any atom is -0.383 e. The molecule has 4 heteroatoms. The van der Waals surface area contributed by atoms with Gasteiger partial charge in [0.2, 0.25) is 0 Å². The van der Waals surface area contributed by atoms with E-state index in [9.17, 15) is 0 Å². The van der Waals surface area contributed by atoms with Gasteiger partial charge in [-0.1, -0.05) is 28.8 Å². The molecule has 0 aliphatic heterocycles. The first kappa shape index (κ1) is 16.8. The molecular formula is C17H27BrN2O. The fraction of sp³-hybridized carbons (Fsp3) is 0.647. The standard InChI is InChI=1S/C17H27BrN2O/c1-20(13-14-5-3-4-6-14)17-8-7-16(18)11-15(17)12-19-9-10-21-2/h7-8,11,14,19H,3-6,9-10,12-13H2,1-2H3. The molecule has 2 rings (SSSR count). The maximum atomic E-state index is 5.09. The summed E-state index contributed by atoms with van der Waals surface area (Å²) in [6.07, 6.45) is 5.60. The van der Waals surface area contributed by atoms with Crippen molar-refractivity contribution < 1.29 is 4.74 Å². The van der Waals surface area contributed by atoms with E-state index < -0.39 is 0 Å². The van der Waals surface area contributed by atoms with E-state index in [1.165, 1.54) is 43.5 Å². The number of methoxy groups -OCH3 is 1. The monoisotopic (exact) mass is 354 g/mol. The number of rotatable bonds is 8. The van der Waals surface area contributed by atoms with Crippen LogP contribution in [0.15, 0.2) is 22.7 Å². The van der Waals surface area contributed by atoms with E-state index in [2.05, 4.69) is 51.4 Å². The van der Waals surface area contributed by atoms with E-state index in [1.807, 2.05) is 0 Å². The van der Waals surface area contributed by atoms with Crippen LogP contribution in [0.1, 0.15) is 31.2 Å². The van der Waals surface area contributed by atoms with Crippen LogP contribution in [0.4, 0.5) is 5.69 Å². The van der Waals surface area contributed by atoms with Gasteiger partial charge in [-0.25, -0.2) is 0 Å². The van der Waals surface area contributed by atoms with Gasteiger partial charge in [0.1, 0.15) is 0 Å². The summed E-state index contributed by atoms with van der Waals surface area (Å²) in [5, 5.41) is 3.45. The molecule has 21 heavy (non-hydrogen) atoms. The largest absolute Gasteiger partial charge is 0.383 e. The van der Waals surface area contributed by atoms with Crippen LogP contribution in [-0.2, 0) is 11.3 Å². The summed E-state index contributed by atoms with van der Waals surface area (Å²) in [6.45, 7) is 3.69. The van der Waals surface area contributed by atoms with Crippen LogP contribution in [0.2, 0.25) is 0 Å². The fourth-order valence-electron chi connectivity index (χ4n) is 3.14. The number of anilines is 1. The van der Waals surface area contributed by atoms with E-state index in [0.29, 0.717) is 0 Å². The molecule has 1 aliphatic rings. The highest BCUT2D eigenvalue weighted by molar-refractivity contribution is 9.10. The first-order chi connectivity index (χ1) is 10.2. The van der Waals surface area contributed by atoms with Crippen molar-refractivity contribution in [3.8, 4) is 0 Å². The zero-order valence-electron chi connectivity index (χ0n) is 13.2. The van der Waals surface area contributed by atoms with Crippen molar-refractivity contribution in [2.45, 2.75) is 32.2 Å². The summed E-state index contributed by atoms with van der Waals surface area (Å²) in [5.74, 6) is 0.868. The van der Waals surface area contributed by atoms with Gasteiger partial charge in [-0.2, -0.15) is 0 Å². The predicted molar refractivity (Wildman–Crippen MR) is 93.0 cm³/mol. The number of halogens is 1. The summed E-state index contributed by atoms with van der Waals surface area (Å²) in [4.78, 5) is 2.43. The lowest BCUT2D eigenvalue weighted by Gasteiger charge is -2.26. The maximum Gasteiger partial charge on any atom is 0.0587 e. The first-order valence-corrected chi connectivity index (χ1v) is 8.69. The van der Waals surface area contributed by atoms with Gasteiger partial charge in [-0.05, 0) is 42.5 Å². The van der Waals surface area contributed by atoms with Crippen LogP contribution in [0.25, 0.3) is 0 Å². The van der Waals surface area contributed by atoms with Crippen molar-refractivity contribution in [3.63, 3.8) is 0 Å². The molecule has 3 nitrogen and oxygen atoms in total. The highest BCUT2D eigenvalue weighted by Crippen LogP contribution is 2.29. The van der Waals surface area contributed by atoms with Gasteiger partial charge in [0.05, 0.1) is 6.61 Å². The van der Waals surface area contributed by atoms with Crippen LogP contribution < -0.4 is 10.2 Å². The number of nitrogens with one attached hydrogen (secondary N) is 1. The molecule has 0 bridgehead atoms. The Balaban J connectivity index is 1.98. The molecular weight excluding hydrogens is 328 g/mol. The number of hydrogen-bond donors (Lipinski definition) is 1. The first-order valence-electron chi connectivity index (χ1n) is 7.90. The summed E-state index contributed by atoms with van der Waals surface area (Å²) in [5.41, 5.74) is 2.69. The summed E-state index contributed by atoms with van der Waals surface area (Å²) in [7, 11) is 3.96. The lowest BCUT2D eigenvalue weighted by Crippen LogP contribution is -2.26. The number of ether oxygens (including phenoxy) is 1. The Morgan fingerprint density at radius 1 is 1.33 bits per heavy atom. The minimum absolute atomic E-state index is 0.751. The molecule has 0 aromatic heterocycles. The molecule has 0 heterocycles. The average Bonchev–Trinajstić information content (AvgIpc) is 2.96. The SMILES string of the molecule is COCCNCc1cc(Br)ccc1N(C)CC1CCCC1. The summed E-state index contributed by atoms with van der Waals surface area (Å²) >= 11 is 3.59. The van der Waals surface area contributed by atoms with Gasteiger partial charge in [0, 0.05) is 44.0 Å². The number of hydrogen-bond acceptors (Lipinski definition) is 3. The highest BCUT2D eigenvalue weighted by atomic mass is 79.9. The van der Waals surface area contributed by atoms with E-state index in [1.54, 1.807) is 7.11 Å². The lowest BCUT2D eigenvalue weighted by atomic mass is 10.1. The van der Waals surface area contributed by atoms with Crippen LogP contribution in [0.3, 0.4) is 0 Å². The quantitative estimate of drug-likeness (QED) is 0.718. The molecule has 1 N–H and O–H groups in total. The fourth-order valence-corrected chi connectivity index (χ4v) is 3.55. The van der Waals surface area contributed by atoms with Crippen molar-refractivity contribution >= 4 is 21.6 Å². The van der Waals surface area contributed by atoms with Gasteiger partial charge in [-0.15, -0.1) is 0 Å². The van der Waals surface area contributed by atoms with Gasteiger partial charge >= 0.3 is 0 Å². The predicted octanol–water partition coefficient (Wildman–Crippen LogP) is 3.81. The Morgan fingerprint density at radius 2 is 2.10 bits per heavy atom. The van der Waals surface area contributed by atoms with Gasteiger partial charge < -0.3 is 15.0 Å². The summed E-state index contributed by atoms with van der Waals surface area (Å²) < 4.78 is 6.23. The molecule has 0 saturated heterocycles. The Hall–Kier alpha value is -0.580. The molecule has 1 aromatic rings. The third-order valence-electron chi connectivity index (χ3n) is 4.26. The Morgan fingerprint density at radius 3 is 2.81 bits per heavy atom. The second kappa shape index (κ2) is 8.76. The molecule has 1 fully saturated rings. The molecule has 0 atom stereocenters. The van der Waals surface area contributed by atoms with E-state index in [0.717, 1.165) is 30.1 Å². The van der Waals surface area contributed by atoms with Crippen LogP contribution in [-0.4, -0.2) is 33.9 Å². The normalized spacial score (nSPS) is 15.6. The topological polar surface area (TPSA) is 24.5 Å².